The lowest BCUT2D eigenvalue weighted by molar-refractivity contribution is -0.171. The number of nitrogens with zero attached hydrogens (tertiary/aromatic N) is 2. The Bertz CT molecular complexity index is 1860. The molecule has 45 heavy (non-hydrogen) atoms. The Kier molecular flexibility index (Phi) is 7.91. The molecule has 3 aliphatic rings. The Morgan fingerprint density at radius 1 is 1.00 bits per heavy atom. The summed E-state index contributed by atoms with van der Waals surface area (Å²) in [7, 11) is -0.568. The number of benzene rings is 2. The standard InChI is InChI=1S/C33H31BN2O7.C2H6/c1-32(2)33(3,4)43-34(42-32)24-11-7-5-9-19(24)13-14-27(37)41-29-22-16-26-28-21(15-20-10-6-8-12-25(20)35-28)17-36(26)30(38)23(22)18-40-31(29)39;1-2/h5-12,15-16,29H,13-14,17-18H2,1-4H3;1-2H3/t29-;/m0./s1. The second kappa shape index (κ2) is 11.6. The van der Waals surface area contributed by atoms with Gasteiger partial charge in [-0.3, -0.25) is 9.59 Å². The van der Waals surface area contributed by atoms with Gasteiger partial charge in [-0.15, -0.1) is 0 Å². The molecule has 0 unspecified atom stereocenters. The molecule has 232 valence electrons. The van der Waals surface area contributed by atoms with Crippen LogP contribution in [0.25, 0.3) is 22.3 Å². The molecular weight excluding hydrogens is 571 g/mol. The predicted molar refractivity (Wildman–Crippen MR) is 171 cm³/mol. The van der Waals surface area contributed by atoms with Gasteiger partial charge in [-0.05, 0) is 63.3 Å². The van der Waals surface area contributed by atoms with Crippen molar-refractivity contribution in [1.82, 2.24) is 9.55 Å². The molecule has 1 atom stereocenters. The molecular formula is C35H37BN2O7. The molecule has 1 fully saturated rings. The Morgan fingerprint density at radius 3 is 2.44 bits per heavy atom. The summed E-state index contributed by atoms with van der Waals surface area (Å²) in [5.74, 6) is -1.28. The van der Waals surface area contributed by atoms with E-state index in [1.54, 1.807) is 10.6 Å². The van der Waals surface area contributed by atoms with E-state index in [2.05, 4.69) is 0 Å². The number of aromatic nitrogens is 2. The minimum Gasteiger partial charge on any atom is -0.458 e. The van der Waals surface area contributed by atoms with Crippen LogP contribution in [0.2, 0.25) is 0 Å². The number of esters is 2. The number of hydrogen-bond donors (Lipinski definition) is 0. The average Bonchev–Trinajstić information content (AvgIpc) is 3.49. The minimum absolute atomic E-state index is 0.00985. The lowest BCUT2D eigenvalue weighted by Crippen LogP contribution is -2.41. The number of cyclic esters (lactones) is 1. The maximum absolute atomic E-state index is 13.6. The average molecular weight is 609 g/mol. The smallest absolute Gasteiger partial charge is 0.458 e. The van der Waals surface area contributed by atoms with Crippen molar-refractivity contribution in [3.63, 3.8) is 0 Å². The van der Waals surface area contributed by atoms with E-state index in [9.17, 15) is 14.4 Å². The maximum Gasteiger partial charge on any atom is 0.495 e. The van der Waals surface area contributed by atoms with Crippen LogP contribution < -0.4 is 11.0 Å². The molecule has 0 spiro atoms. The number of hydrogen-bond acceptors (Lipinski definition) is 8. The van der Waals surface area contributed by atoms with Crippen LogP contribution in [0.1, 0.15) is 76.3 Å². The number of carbonyl (C=O) groups is 2. The van der Waals surface area contributed by atoms with Crippen LogP contribution in [0.3, 0.4) is 0 Å². The van der Waals surface area contributed by atoms with Gasteiger partial charge in [0.2, 0.25) is 6.10 Å². The Hall–Kier alpha value is -4.28. The molecule has 4 aromatic rings. The molecule has 0 amide bonds. The Morgan fingerprint density at radius 2 is 1.69 bits per heavy atom. The molecule has 0 N–H and O–H groups in total. The Labute approximate surface area is 262 Å². The normalized spacial score (nSPS) is 18.8. The molecule has 9 nitrogen and oxygen atoms in total. The van der Waals surface area contributed by atoms with Crippen LogP contribution in [0.5, 0.6) is 0 Å². The zero-order valence-corrected chi connectivity index (χ0v) is 26.5. The zero-order chi connectivity index (χ0) is 32.1. The van der Waals surface area contributed by atoms with Crippen molar-refractivity contribution in [3.05, 3.63) is 93.3 Å². The first-order valence-corrected chi connectivity index (χ1v) is 15.5. The van der Waals surface area contributed by atoms with Gasteiger partial charge in [0.1, 0.15) is 6.61 Å². The van der Waals surface area contributed by atoms with E-state index in [4.69, 9.17) is 23.8 Å². The topological polar surface area (TPSA) is 106 Å². The minimum atomic E-state index is -1.34. The van der Waals surface area contributed by atoms with Crippen molar-refractivity contribution >= 4 is 35.4 Å². The number of rotatable bonds is 5. The predicted octanol–water partition coefficient (Wildman–Crippen LogP) is 5.02. The number of para-hydroxylation sites is 1. The fraction of sp³-hybridized carbons (Fsp3) is 0.371. The summed E-state index contributed by atoms with van der Waals surface area (Å²) in [5, 5.41) is 0.984. The van der Waals surface area contributed by atoms with Crippen molar-refractivity contribution in [2.45, 2.75) is 84.8 Å². The van der Waals surface area contributed by atoms with E-state index in [-0.39, 0.29) is 18.6 Å². The summed E-state index contributed by atoms with van der Waals surface area (Å²) < 4.78 is 25.1. The van der Waals surface area contributed by atoms with Gasteiger partial charge in [-0.2, -0.15) is 0 Å². The summed E-state index contributed by atoms with van der Waals surface area (Å²) >= 11 is 0. The highest BCUT2D eigenvalue weighted by atomic mass is 16.7. The first-order valence-electron chi connectivity index (χ1n) is 15.5. The van der Waals surface area contributed by atoms with E-state index in [0.717, 1.165) is 27.5 Å². The molecule has 0 aliphatic carbocycles. The molecule has 2 aromatic carbocycles. The van der Waals surface area contributed by atoms with Crippen LogP contribution in [-0.4, -0.2) is 39.8 Å². The van der Waals surface area contributed by atoms with Gasteiger partial charge < -0.3 is 23.3 Å². The second-order valence-electron chi connectivity index (χ2n) is 12.3. The molecule has 5 heterocycles. The van der Waals surface area contributed by atoms with Crippen molar-refractivity contribution < 1.29 is 28.4 Å². The fourth-order valence-electron chi connectivity index (χ4n) is 5.96. The molecule has 2 aromatic heterocycles. The molecule has 0 radical (unpaired) electrons. The van der Waals surface area contributed by atoms with Crippen LogP contribution in [-0.2, 0) is 47.9 Å². The molecule has 3 aliphatic heterocycles. The lowest BCUT2D eigenvalue weighted by atomic mass is 9.75. The second-order valence-corrected chi connectivity index (χ2v) is 12.3. The third-order valence-corrected chi connectivity index (χ3v) is 9.07. The SMILES string of the molecule is CC.CC1(C)OB(c2ccccc2CCC(=O)O[C@@H]2C(=O)OCc3c2cc2n(c3=O)Cc3cc4ccccc4nc3-2)OC1(C)C. The summed E-state index contributed by atoms with van der Waals surface area (Å²) in [6, 6.07) is 19.2. The monoisotopic (exact) mass is 608 g/mol. The van der Waals surface area contributed by atoms with Crippen molar-refractivity contribution in [2.24, 2.45) is 0 Å². The number of ether oxygens (including phenoxy) is 2. The van der Waals surface area contributed by atoms with Crippen molar-refractivity contribution in [3.8, 4) is 11.4 Å². The number of fused-ring (bicyclic) bond motifs is 5. The maximum atomic E-state index is 13.6. The summed E-state index contributed by atoms with van der Waals surface area (Å²) in [6.07, 6.45) is -0.974. The van der Waals surface area contributed by atoms with Crippen LogP contribution in [0.15, 0.2) is 65.5 Å². The number of pyridine rings is 2. The highest BCUT2D eigenvalue weighted by Crippen LogP contribution is 2.38. The van der Waals surface area contributed by atoms with Gasteiger partial charge in [0.05, 0.1) is 40.2 Å². The Balaban J connectivity index is 0.00000175. The quantitative estimate of drug-likeness (QED) is 0.202. The van der Waals surface area contributed by atoms with E-state index < -0.39 is 36.4 Å². The van der Waals surface area contributed by atoms with Crippen molar-refractivity contribution in [1.29, 1.82) is 0 Å². The van der Waals surface area contributed by atoms with Crippen LogP contribution in [0, 0.1) is 0 Å². The van der Waals surface area contributed by atoms with E-state index in [0.29, 0.717) is 35.5 Å². The van der Waals surface area contributed by atoms with Gasteiger partial charge in [0, 0.05) is 22.9 Å². The summed E-state index contributed by atoms with van der Waals surface area (Å²) in [6.45, 7) is 12.2. The van der Waals surface area contributed by atoms with E-state index >= 15 is 0 Å². The highest BCUT2D eigenvalue weighted by molar-refractivity contribution is 6.62. The van der Waals surface area contributed by atoms with Crippen molar-refractivity contribution in [2.75, 3.05) is 0 Å². The zero-order valence-electron chi connectivity index (χ0n) is 26.5. The lowest BCUT2D eigenvalue weighted by Gasteiger charge is -2.32. The van der Waals surface area contributed by atoms with Gasteiger partial charge in [-0.1, -0.05) is 56.3 Å². The van der Waals surface area contributed by atoms with Gasteiger partial charge in [-0.25, -0.2) is 9.78 Å². The van der Waals surface area contributed by atoms with E-state index in [1.807, 2.05) is 96.1 Å². The molecule has 1 saturated heterocycles. The summed E-state index contributed by atoms with van der Waals surface area (Å²) in [4.78, 5) is 44.4. The molecule has 7 rings (SSSR count). The van der Waals surface area contributed by atoms with Crippen LogP contribution in [0.4, 0.5) is 0 Å². The molecule has 0 saturated carbocycles. The largest absolute Gasteiger partial charge is 0.495 e. The van der Waals surface area contributed by atoms with Crippen LogP contribution >= 0.6 is 0 Å². The van der Waals surface area contributed by atoms with Gasteiger partial charge in [0.25, 0.3) is 5.56 Å². The van der Waals surface area contributed by atoms with Gasteiger partial charge >= 0.3 is 19.1 Å². The number of carbonyl (C=O) groups excluding carboxylic acids is 2. The third kappa shape index (κ3) is 5.36. The first-order chi connectivity index (χ1) is 21.5. The molecule has 10 heteroatoms. The molecule has 0 bridgehead atoms. The summed E-state index contributed by atoms with van der Waals surface area (Å²) in [5.41, 5.74) is 4.11. The fourth-order valence-corrected chi connectivity index (χ4v) is 5.96. The third-order valence-electron chi connectivity index (χ3n) is 9.07. The van der Waals surface area contributed by atoms with Gasteiger partial charge in [0.15, 0.2) is 0 Å². The first kappa shape index (κ1) is 30.7. The number of aryl methyl sites for hydroxylation is 1. The highest BCUT2D eigenvalue weighted by Gasteiger charge is 2.52. The van der Waals surface area contributed by atoms with E-state index in [1.165, 1.54) is 0 Å².